The molecule has 0 aliphatic heterocycles. The van der Waals surface area contributed by atoms with Crippen molar-refractivity contribution in [1.82, 2.24) is 5.32 Å². The summed E-state index contributed by atoms with van der Waals surface area (Å²) in [4.78, 5) is 24.6. The number of ether oxygens (including phenoxy) is 1. The number of hydrogen-bond donors (Lipinski definition) is 2. The van der Waals surface area contributed by atoms with E-state index in [0.717, 1.165) is 10.0 Å². The van der Waals surface area contributed by atoms with E-state index in [-0.39, 0.29) is 11.8 Å². The Bertz CT molecular complexity index is 544. The summed E-state index contributed by atoms with van der Waals surface area (Å²) in [5.41, 5.74) is 0.577. The van der Waals surface area contributed by atoms with Gasteiger partial charge < -0.3 is 15.4 Å². The second-order valence-corrected chi connectivity index (χ2v) is 6.52. The lowest BCUT2D eigenvalue weighted by Gasteiger charge is -2.23. The number of nitrogens with one attached hydrogen (secondary N) is 2. The number of anilines is 1. The van der Waals surface area contributed by atoms with Crippen LogP contribution in [0.1, 0.15) is 25.8 Å². The Hall–Kier alpha value is -1.40. The van der Waals surface area contributed by atoms with Gasteiger partial charge in [0.15, 0.2) is 0 Å². The molecule has 2 N–H and O–H groups in total. The van der Waals surface area contributed by atoms with Crippen molar-refractivity contribution in [3.8, 4) is 0 Å². The molecule has 0 fully saturated rings. The number of hydrogen-bond acceptors (Lipinski definition) is 3. The Morgan fingerprint density at radius 1 is 1.27 bits per heavy atom. The molecule has 0 bridgehead atoms. The quantitative estimate of drug-likeness (QED) is 0.572. The average molecular weight is 371 g/mol. The highest BCUT2D eigenvalue weighted by Gasteiger charge is 2.36. The summed E-state index contributed by atoms with van der Waals surface area (Å²) in [5, 5.41) is 5.55. The van der Waals surface area contributed by atoms with E-state index in [2.05, 4.69) is 26.6 Å². The number of amides is 2. The number of aryl methyl sites for hydroxylation is 1. The monoisotopic (exact) mass is 370 g/mol. The number of carbonyl (C=O) groups is 2. The van der Waals surface area contributed by atoms with E-state index >= 15 is 0 Å². The lowest BCUT2D eigenvalue weighted by atomic mass is 9.91. The molecule has 22 heavy (non-hydrogen) atoms. The van der Waals surface area contributed by atoms with Crippen LogP contribution in [-0.4, -0.2) is 32.1 Å². The molecule has 0 atom stereocenters. The standard InChI is InChI=1S/C16H23BrN2O3/c1-11-6-7-13(12(17)10-11)19-15(21)16(2,3)14(20)18-8-5-9-22-4/h6-7,10H,5,8-9H2,1-4H3,(H,18,20)(H,19,21). The van der Waals surface area contributed by atoms with E-state index in [1.54, 1.807) is 21.0 Å². The van der Waals surface area contributed by atoms with Gasteiger partial charge in [0.05, 0.1) is 5.69 Å². The summed E-state index contributed by atoms with van der Waals surface area (Å²) in [6.45, 7) is 6.24. The Morgan fingerprint density at radius 2 is 1.95 bits per heavy atom. The number of benzene rings is 1. The molecular weight excluding hydrogens is 348 g/mol. The summed E-state index contributed by atoms with van der Waals surface area (Å²) in [6, 6.07) is 5.62. The molecule has 0 heterocycles. The predicted molar refractivity (Wildman–Crippen MR) is 90.8 cm³/mol. The molecule has 2 amide bonds. The first kappa shape index (κ1) is 18.6. The van der Waals surface area contributed by atoms with Crippen molar-refractivity contribution in [1.29, 1.82) is 0 Å². The van der Waals surface area contributed by atoms with E-state index in [9.17, 15) is 9.59 Å². The number of methoxy groups -OCH3 is 1. The van der Waals surface area contributed by atoms with E-state index in [1.807, 2.05) is 25.1 Å². The van der Waals surface area contributed by atoms with Crippen LogP contribution in [0.15, 0.2) is 22.7 Å². The fraction of sp³-hybridized carbons (Fsp3) is 0.500. The van der Waals surface area contributed by atoms with Gasteiger partial charge in [-0.05, 0) is 60.8 Å². The van der Waals surface area contributed by atoms with Gasteiger partial charge in [-0.15, -0.1) is 0 Å². The molecule has 1 aromatic carbocycles. The minimum atomic E-state index is -1.16. The van der Waals surface area contributed by atoms with E-state index in [4.69, 9.17) is 4.74 Å². The smallest absolute Gasteiger partial charge is 0.239 e. The molecule has 122 valence electrons. The molecule has 0 saturated carbocycles. The van der Waals surface area contributed by atoms with Gasteiger partial charge in [0, 0.05) is 24.7 Å². The molecule has 0 aromatic heterocycles. The third-order valence-corrected chi connectivity index (χ3v) is 3.97. The Kier molecular flexibility index (Phi) is 7.03. The van der Waals surface area contributed by atoms with Gasteiger partial charge in [0.1, 0.15) is 5.41 Å². The summed E-state index contributed by atoms with van der Waals surface area (Å²) in [7, 11) is 1.61. The van der Waals surface area contributed by atoms with Gasteiger partial charge in [0.25, 0.3) is 0 Å². The maximum atomic E-state index is 12.4. The predicted octanol–water partition coefficient (Wildman–Crippen LogP) is 2.87. The molecule has 0 radical (unpaired) electrons. The van der Waals surface area contributed by atoms with E-state index in [1.165, 1.54) is 0 Å². The van der Waals surface area contributed by atoms with Crippen molar-refractivity contribution in [2.45, 2.75) is 27.2 Å². The van der Waals surface area contributed by atoms with Gasteiger partial charge in [-0.2, -0.15) is 0 Å². The third kappa shape index (κ3) is 5.10. The fourth-order valence-corrected chi connectivity index (χ4v) is 2.33. The van der Waals surface area contributed by atoms with Crippen LogP contribution in [0.3, 0.4) is 0 Å². The lowest BCUT2D eigenvalue weighted by molar-refractivity contribution is -0.138. The van der Waals surface area contributed by atoms with Crippen molar-refractivity contribution in [3.63, 3.8) is 0 Å². The van der Waals surface area contributed by atoms with Crippen LogP contribution in [0.4, 0.5) is 5.69 Å². The van der Waals surface area contributed by atoms with Gasteiger partial charge in [-0.25, -0.2) is 0 Å². The topological polar surface area (TPSA) is 67.4 Å². The maximum absolute atomic E-state index is 12.4. The molecule has 0 aliphatic rings. The summed E-state index contributed by atoms with van der Waals surface area (Å²) in [5.74, 6) is -0.648. The Balaban J connectivity index is 2.67. The van der Waals surface area contributed by atoms with Crippen LogP contribution in [-0.2, 0) is 14.3 Å². The van der Waals surface area contributed by atoms with Gasteiger partial charge in [0.2, 0.25) is 11.8 Å². The molecule has 1 rings (SSSR count). The highest BCUT2D eigenvalue weighted by atomic mass is 79.9. The van der Waals surface area contributed by atoms with Crippen LogP contribution in [0.25, 0.3) is 0 Å². The number of carbonyl (C=O) groups excluding carboxylic acids is 2. The zero-order valence-electron chi connectivity index (χ0n) is 13.5. The van der Waals surface area contributed by atoms with Crippen LogP contribution in [0.2, 0.25) is 0 Å². The molecule has 0 saturated heterocycles. The first-order valence-electron chi connectivity index (χ1n) is 7.14. The molecule has 0 aliphatic carbocycles. The second kappa shape index (κ2) is 8.29. The Morgan fingerprint density at radius 3 is 2.55 bits per heavy atom. The van der Waals surface area contributed by atoms with Crippen LogP contribution in [0.5, 0.6) is 0 Å². The molecular formula is C16H23BrN2O3. The Labute approximate surface area is 139 Å². The van der Waals surface area contributed by atoms with Crippen molar-refractivity contribution in [2.24, 2.45) is 5.41 Å². The van der Waals surface area contributed by atoms with Crippen LogP contribution < -0.4 is 10.6 Å². The summed E-state index contributed by atoms with van der Waals surface area (Å²) in [6.07, 6.45) is 0.712. The lowest BCUT2D eigenvalue weighted by Crippen LogP contribution is -2.45. The highest BCUT2D eigenvalue weighted by Crippen LogP contribution is 2.26. The van der Waals surface area contributed by atoms with Gasteiger partial charge >= 0.3 is 0 Å². The minimum Gasteiger partial charge on any atom is -0.385 e. The molecule has 0 unspecified atom stereocenters. The van der Waals surface area contributed by atoms with E-state index < -0.39 is 5.41 Å². The fourth-order valence-electron chi connectivity index (χ4n) is 1.74. The van der Waals surface area contributed by atoms with Crippen molar-refractivity contribution < 1.29 is 14.3 Å². The SMILES string of the molecule is COCCCNC(=O)C(C)(C)C(=O)Nc1ccc(C)cc1Br. The normalized spacial score (nSPS) is 11.1. The largest absolute Gasteiger partial charge is 0.385 e. The summed E-state index contributed by atoms with van der Waals surface area (Å²) < 4.78 is 5.71. The summed E-state index contributed by atoms with van der Waals surface area (Å²) >= 11 is 3.41. The van der Waals surface area contributed by atoms with Crippen molar-refractivity contribution in [2.75, 3.05) is 25.6 Å². The number of halogens is 1. The van der Waals surface area contributed by atoms with Gasteiger partial charge in [-0.1, -0.05) is 6.07 Å². The second-order valence-electron chi connectivity index (χ2n) is 5.66. The molecule has 5 nitrogen and oxygen atoms in total. The van der Waals surface area contributed by atoms with Crippen molar-refractivity contribution in [3.05, 3.63) is 28.2 Å². The first-order chi connectivity index (χ1) is 10.3. The maximum Gasteiger partial charge on any atom is 0.239 e. The van der Waals surface area contributed by atoms with Crippen LogP contribution >= 0.6 is 15.9 Å². The third-order valence-electron chi connectivity index (χ3n) is 3.32. The molecule has 1 aromatic rings. The van der Waals surface area contributed by atoms with Crippen molar-refractivity contribution >= 4 is 33.4 Å². The zero-order valence-corrected chi connectivity index (χ0v) is 15.0. The zero-order chi connectivity index (χ0) is 16.8. The molecule has 0 spiro atoms. The average Bonchev–Trinajstić information content (AvgIpc) is 2.46. The minimum absolute atomic E-state index is 0.302. The first-order valence-corrected chi connectivity index (χ1v) is 7.93. The number of rotatable bonds is 7. The van der Waals surface area contributed by atoms with Gasteiger partial charge in [-0.3, -0.25) is 9.59 Å². The molecule has 6 heteroatoms. The van der Waals surface area contributed by atoms with E-state index in [0.29, 0.717) is 25.3 Å². The highest BCUT2D eigenvalue weighted by molar-refractivity contribution is 9.10. The van der Waals surface area contributed by atoms with Crippen LogP contribution in [0, 0.1) is 12.3 Å².